The molecule has 1 spiro atoms. The zero-order valence-electron chi connectivity index (χ0n) is 47.6. The number of hydrogen-bond acceptors (Lipinski definition) is 8. The standard InChI is InChI=1S/C73H66O8P2/c1-68(2,3)64-50-60(74-6)48-62(66(64)76-82-78-70(52-32-16-8-17-33-52,53-34-18-9-19-35-53)71(79-82,54-36-20-10-21-37-54)55-38-22-11-23-39-55)63-49-61(75-7)51-65-67(63)77-83(69(65,4)5)80-72(56-40-24-12-25-41-56,57-42-26-13-27-43-57)73(81-83,58-44-28-14-29-45-58)59-46-30-15-31-47-59/h8-51,83H,1-7H3. The monoisotopic (exact) mass is 1130 g/mol. The second-order valence-electron chi connectivity index (χ2n) is 23.0. The van der Waals surface area contributed by atoms with Crippen LogP contribution in [0.1, 0.15) is 90.3 Å². The van der Waals surface area contributed by atoms with Crippen LogP contribution in [0.2, 0.25) is 0 Å². The molecule has 10 heteroatoms. The van der Waals surface area contributed by atoms with Crippen molar-refractivity contribution in [2.75, 3.05) is 14.2 Å². The van der Waals surface area contributed by atoms with Crippen LogP contribution in [-0.4, -0.2) is 14.2 Å². The molecule has 0 radical (unpaired) electrons. The van der Waals surface area contributed by atoms with Gasteiger partial charge in [-0.25, -0.2) is 0 Å². The number of hydrogen-bond donors (Lipinski definition) is 0. The Labute approximate surface area is 489 Å². The average Bonchev–Trinajstić information content (AvgIpc) is 2.53. The number of benzene rings is 10. The van der Waals surface area contributed by atoms with E-state index in [9.17, 15) is 0 Å². The SMILES string of the molecule is COc1cc(-c2cc(OC)cc3c2O[PH]2(OC(c4ccccc4)(c4ccccc4)C(c4ccccc4)(c4ccccc4)O2)C3(C)C)c(OP2OC(c3ccccc3)(c3ccccc3)C(c3ccccc3)(c3ccccc3)O2)c(C(C)(C)C)c1. The molecule has 10 aromatic rings. The molecular weight excluding hydrogens is 1070 g/mol. The minimum atomic E-state index is -4.19. The summed E-state index contributed by atoms with van der Waals surface area (Å²) in [6, 6.07) is 91.5. The van der Waals surface area contributed by atoms with Crippen molar-refractivity contribution in [2.45, 2.75) is 67.6 Å². The normalized spacial score (nSPS) is 18.2. The summed E-state index contributed by atoms with van der Waals surface area (Å²) in [6.07, 6.45) is 0. The molecule has 0 aromatic heterocycles. The summed E-state index contributed by atoms with van der Waals surface area (Å²) >= 11 is 0. The van der Waals surface area contributed by atoms with Crippen LogP contribution in [0.15, 0.2) is 267 Å². The summed E-state index contributed by atoms with van der Waals surface area (Å²) in [4.78, 5) is 0. The maximum atomic E-state index is 8.29. The molecule has 0 aliphatic carbocycles. The fourth-order valence-corrected chi connectivity index (χ4v) is 18.0. The Morgan fingerprint density at radius 1 is 0.386 bits per heavy atom. The van der Waals surface area contributed by atoms with E-state index >= 15 is 0 Å². The quantitative estimate of drug-likeness (QED) is 0.106. The number of fused-ring (bicyclic) bond motifs is 1. The Hall–Kier alpha value is -7.90. The van der Waals surface area contributed by atoms with Gasteiger partial charge < -0.3 is 0 Å². The van der Waals surface area contributed by atoms with Crippen LogP contribution in [-0.2, 0) is 51.1 Å². The average molecular weight is 1130 g/mol. The van der Waals surface area contributed by atoms with Crippen LogP contribution in [0.4, 0.5) is 0 Å². The third-order valence-corrected chi connectivity index (χ3v) is 21.6. The second-order valence-corrected chi connectivity index (χ2v) is 27.0. The first-order valence-electron chi connectivity index (χ1n) is 28.2. The van der Waals surface area contributed by atoms with Gasteiger partial charge in [0, 0.05) is 0 Å². The maximum absolute atomic E-state index is 8.29. The van der Waals surface area contributed by atoms with E-state index in [1.54, 1.807) is 14.2 Å². The Kier molecular flexibility index (Phi) is 13.8. The predicted molar refractivity (Wildman–Crippen MR) is 332 cm³/mol. The van der Waals surface area contributed by atoms with Crippen molar-refractivity contribution >= 4 is 16.5 Å². The van der Waals surface area contributed by atoms with Crippen LogP contribution in [0.3, 0.4) is 0 Å². The van der Waals surface area contributed by atoms with Crippen LogP contribution in [0.5, 0.6) is 23.0 Å². The number of ether oxygens (including phenoxy) is 2. The minimum absolute atomic E-state index is 0.522. The van der Waals surface area contributed by atoms with E-state index in [0.717, 1.165) is 55.6 Å². The fraction of sp³-hybridized carbons (Fsp3) is 0.178. The molecular formula is C73H66O8P2. The van der Waals surface area contributed by atoms with Gasteiger partial charge in [-0.3, -0.25) is 0 Å². The molecule has 83 heavy (non-hydrogen) atoms. The van der Waals surface area contributed by atoms with Gasteiger partial charge >= 0.3 is 467 Å². The van der Waals surface area contributed by atoms with Crippen LogP contribution >= 0.6 is 16.5 Å². The first kappa shape index (κ1) is 54.4. The third-order valence-electron chi connectivity index (χ3n) is 17.0. The predicted octanol–water partition coefficient (Wildman–Crippen LogP) is 18.3. The van der Waals surface area contributed by atoms with Crippen molar-refractivity contribution in [3.63, 3.8) is 0 Å². The molecule has 13 rings (SSSR count). The van der Waals surface area contributed by atoms with Gasteiger partial charge in [0.05, 0.1) is 0 Å². The molecule has 0 amide bonds. The molecule has 10 aromatic carbocycles. The van der Waals surface area contributed by atoms with Crippen LogP contribution in [0, 0.1) is 0 Å². The summed E-state index contributed by atoms with van der Waals surface area (Å²) in [5.41, 5.74) is 4.64. The number of methoxy groups -OCH3 is 2. The molecule has 2 fully saturated rings. The summed E-state index contributed by atoms with van der Waals surface area (Å²) in [6.45, 7) is 10.9. The molecule has 416 valence electrons. The van der Waals surface area contributed by atoms with Crippen molar-refractivity contribution in [3.8, 4) is 34.1 Å². The Balaban J connectivity index is 1.05. The van der Waals surface area contributed by atoms with Crippen molar-refractivity contribution < 1.29 is 36.6 Å². The second kappa shape index (κ2) is 21.1. The van der Waals surface area contributed by atoms with Crippen LogP contribution in [0.25, 0.3) is 11.1 Å². The molecule has 3 aliphatic rings. The van der Waals surface area contributed by atoms with E-state index < -0.39 is 49.5 Å². The van der Waals surface area contributed by atoms with E-state index in [1.165, 1.54) is 0 Å². The number of rotatable bonds is 13. The Morgan fingerprint density at radius 2 is 0.687 bits per heavy atom. The van der Waals surface area contributed by atoms with Crippen LogP contribution < -0.4 is 18.5 Å². The molecule has 0 unspecified atom stereocenters. The van der Waals surface area contributed by atoms with Gasteiger partial charge in [-0.2, -0.15) is 0 Å². The Morgan fingerprint density at radius 3 is 1.00 bits per heavy atom. The van der Waals surface area contributed by atoms with E-state index in [0.29, 0.717) is 34.1 Å². The summed E-state index contributed by atoms with van der Waals surface area (Å²) in [5, 5.41) is -0.920. The zero-order valence-corrected chi connectivity index (χ0v) is 49.5. The summed E-state index contributed by atoms with van der Waals surface area (Å²) in [5.74, 6) is 2.35. The van der Waals surface area contributed by atoms with Gasteiger partial charge in [0.2, 0.25) is 0 Å². The fourth-order valence-electron chi connectivity index (χ4n) is 13.0. The van der Waals surface area contributed by atoms with E-state index in [1.807, 2.05) is 60.7 Å². The third kappa shape index (κ3) is 8.40. The molecule has 3 aliphatic heterocycles. The first-order chi connectivity index (χ1) is 40.3. The van der Waals surface area contributed by atoms with E-state index in [2.05, 4.69) is 241 Å². The van der Waals surface area contributed by atoms with Crippen molar-refractivity contribution in [3.05, 3.63) is 323 Å². The molecule has 2 saturated heterocycles. The van der Waals surface area contributed by atoms with E-state index in [-0.39, 0.29) is 0 Å². The topological polar surface area (TPSA) is 73.8 Å². The van der Waals surface area contributed by atoms with Gasteiger partial charge in [0.15, 0.2) is 0 Å². The van der Waals surface area contributed by atoms with Gasteiger partial charge in [0.1, 0.15) is 0 Å². The van der Waals surface area contributed by atoms with Crippen molar-refractivity contribution in [1.82, 2.24) is 0 Å². The summed E-state index contributed by atoms with van der Waals surface area (Å²) in [7, 11) is -3.11. The van der Waals surface area contributed by atoms with Gasteiger partial charge in [-0.1, -0.05) is 24.3 Å². The van der Waals surface area contributed by atoms with Gasteiger partial charge in [-0.05, 0) is 0 Å². The molecule has 8 nitrogen and oxygen atoms in total. The van der Waals surface area contributed by atoms with E-state index in [4.69, 9.17) is 36.6 Å². The van der Waals surface area contributed by atoms with Crippen molar-refractivity contribution in [1.29, 1.82) is 0 Å². The molecule has 0 saturated carbocycles. The van der Waals surface area contributed by atoms with Crippen molar-refractivity contribution in [2.24, 2.45) is 0 Å². The molecule has 3 heterocycles. The zero-order chi connectivity index (χ0) is 57.1. The Bertz CT molecular complexity index is 3560. The molecule has 0 N–H and O–H groups in total. The molecule has 0 atom stereocenters. The van der Waals surface area contributed by atoms with Gasteiger partial charge in [0.25, 0.3) is 0 Å². The molecule has 0 bridgehead atoms. The first-order valence-corrected chi connectivity index (χ1v) is 31.0. The summed E-state index contributed by atoms with van der Waals surface area (Å²) < 4.78 is 60.5. The van der Waals surface area contributed by atoms with Gasteiger partial charge in [-0.15, -0.1) is 0 Å².